The van der Waals surface area contributed by atoms with Crippen LogP contribution in [0.3, 0.4) is 0 Å². The molecule has 2 aromatic carbocycles. The molecule has 0 aliphatic heterocycles. The van der Waals surface area contributed by atoms with E-state index in [9.17, 15) is 14.7 Å². The molecule has 27 heavy (non-hydrogen) atoms. The van der Waals surface area contributed by atoms with Crippen LogP contribution >= 0.6 is 0 Å². The van der Waals surface area contributed by atoms with Gasteiger partial charge in [0.25, 0.3) is 0 Å². The molecule has 2 amide bonds. The highest BCUT2D eigenvalue weighted by atomic mass is 16.3. The number of hydrogen-bond donors (Lipinski definition) is 3. The van der Waals surface area contributed by atoms with Gasteiger partial charge in [-0.15, -0.1) is 0 Å². The van der Waals surface area contributed by atoms with Crippen molar-refractivity contribution in [3.8, 4) is 0 Å². The minimum Gasteiger partial charge on any atom is -0.388 e. The Morgan fingerprint density at radius 2 is 1.67 bits per heavy atom. The van der Waals surface area contributed by atoms with E-state index in [0.29, 0.717) is 24.3 Å². The highest BCUT2D eigenvalue weighted by Gasteiger charge is 2.22. The van der Waals surface area contributed by atoms with E-state index in [-0.39, 0.29) is 17.7 Å². The Balaban J connectivity index is 1.95. The molecule has 6 heteroatoms. The minimum atomic E-state index is -0.677. The number of benzene rings is 2. The Hall–Kier alpha value is -2.70. The number of carbonyl (C=O) groups is 2. The van der Waals surface area contributed by atoms with E-state index in [2.05, 4.69) is 10.6 Å². The molecule has 0 saturated heterocycles. The normalized spacial score (nSPS) is 13.1. The molecule has 0 aromatic heterocycles. The van der Waals surface area contributed by atoms with Crippen molar-refractivity contribution in [2.75, 3.05) is 32.5 Å². The molecule has 0 aliphatic rings. The molecule has 0 saturated carbocycles. The number of aliphatic hydroxyl groups is 1. The molecule has 0 aliphatic carbocycles. The van der Waals surface area contributed by atoms with Crippen molar-refractivity contribution < 1.29 is 14.7 Å². The van der Waals surface area contributed by atoms with E-state index in [1.165, 1.54) is 6.92 Å². The number of Topliss-reactive ketones (excluding diaryl/α,β-unsaturated/α-hetero) is 1. The van der Waals surface area contributed by atoms with Crippen LogP contribution in [0.2, 0.25) is 0 Å². The summed E-state index contributed by atoms with van der Waals surface area (Å²) in [6, 6.07) is 15.8. The number of urea groups is 1. The van der Waals surface area contributed by atoms with Crippen LogP contribution in [0.15, 0.2) is 54.6 Å². The number of nitrogens with zero attached hydrogens (tertiary/aromatic N) is 1. The zero-order valence-electron chi connectivity index (χ0n) is 16.0. The monoisotopic (exact) mass is 369 g/mol. The first-order valence-corrected chi connectivity index (χ1v) is 8.90. The highest BCUT2D eigenvalue weighted by Crippen LogP contribution is 2.22. The van der Waals surface area contributed by atoms with E-state index in [4.69, 9.17) is 0 Å². The van der Waals surface area contributed by atoms with Gasteiger partial charge in [-0.1, -0.05) is 30.3 Å². The summed E-state index contributed by atoms with van der Waals surface area (Å²) in [6.07, 6.45) is -0.677. The summed E-state index contributed by atoms with van der Waals surface area (Å²) in [5.41, 5.74) is 2.02. The molecular weight excluding hydrogens is 342 g/mol. The molecule has 6 nitrogen and oxygen atoms in total. The van der Waals surface area contributed by atoms with E-state index in [1.54, 1.807) is 24.3 Å². The summed E-state index contributed by atoms with van der Waals surface area (Å²) in [4.78, 5) is 25.5. The van der Waals surface area contributed by atoms with Crippen LogP contribution in [0.5, 0.6) is 0 Å². The smallest absolute Gasteiger partial charge is 0.319 e. The molecule has 2 atom stereocenters. The van der Waals surface area contributed by atoms with Crippen LogP contribution in [0, 0.1) is 5.92 Å². The lowest BCUT2D eigenvalue weighted by Gasteiger charge is -2.26. The number of carbonyl (C=O) groups excluding carboxylic acids is 2. The van der Waals surface area contributed by atoms with Crippen molar-refractivity contribution in [2.24, 2.45) is 5.92 Å². The number of hydrogen-bond acceptors (Lipinski definition) is 4. The molecule has 0 radical (unpaired) electrons. The Labute approximate surface area is 160 Å². The van der Waals surface area contributed by atoms with Crippen molar-refractivity contribution in [2.45, 2.75) is 13.0 Å². The molecular formula is C21H27N3O3. The lowest BCUT2D eigenvalue weighted by Crippen LogP contribution is -2.39. The van der Waals surface area contributed by atoms with Gasteiger partial charge in [-0.25, -0.2) is 4.79 Å². The van der Waals surface area contributed by atoms with Crippen LogP contribution in [0.25, 0.3) is 0 Å². The zero-order valence-corrected chi connectivity index (χ0v) is 16.0. The second-order valence-corrected chi connectivity index (χ2v) is 6.85. The summed E-state index contributed by atoms with van der Waals surface area (Å²) < 4.78 is 0. The van der Waals surface area contributed by atoms with E-state index in [1.807, 2.05) is 49.3 Å². The molecule has 3 N–H and O–H groups in total. The molecule has 0 unspecified atom stereocenters. The average Bonchev–Trinajstić information content (AvgIpc) is 2.65. The maximum absolute atomic E-state index is 12.2. The fourth-order valence-electron chi connectivity index (χ4n) is 2.85. The fraction of sp³-hybridized carbons (Fsp3) is 0.333. The van der Waals surface area contributed by atoms with E-state index in [0.717, 1.165) is 5.56 Å². The first-order chi connectivity index (χ1) is 12.9. The van der Waals surface area contributed by atoms with Gasteiger partial charge < -0.3 is 20.6 Å². The molecule has 144 valence electrons. The van der Waals surface area contributed by atoms with Gasteiger partial charge >= 0.3 is 6.03 Å². The average molecular weight is 369 g/mol. The Bertz CT molecular complexity index is 745. The lowest BCUT2D eigenvalue weighted by molar-refractivity contribution is 0.0911. The van der Waals surface area contributed by atoms with Crippen molar-refractivity contribution >= 4 is 17.5 Å². The van der Waals surface area contributed by atoms with Crippen molar-refractivity contribution in [3.63, 3.8) is 0 Å². The number of ketones is 1. The third-order valence-electron chi connectivity index (χ3n) is 4.26. The Kier molecular flexibility index (Phi) is 7.52. The molecule has 2 rings (SSSR count). The minimum absolute atomic E-state index is 0.0209. The van der Waals surface area contributed by atoms with Crippen LogP contribution in [0.1, 0.15) is 28.9 Å². The van der Waals surface area contributed by atoms with Gasteiger partial charge in [0.1, 0.15) is 0 Å². The van der Waals surface area contributed by atoms with Crippen LogP contribution in [0.4, 0.5) is 10.5 Å². The summed E-state index contributed by atoms with van der Waals surface area (Å²) in [5.74, 6) is -0.180. The number of amides is 2. The highest BCUT2D eigenvalue weighted by molar-refractivity contribution is 5.95. The molecule has 2 aromatic rings. The van der Waals surface area contributed by atoms with Gasteiger partial charge in [-0.3, -0.25) is 4.79 Å². The van der Waals surface area contributed by atoms with Crippen molar-refractivity contribution in [1.29, 1.82) is 0 Å². The predicted octanol–water partition coefficient (Wildman–Crippen LogP) is 2.92. The number of anilines is 1. The summed E-state index contributed by atoms with van der Waals surface area (Å²) in [5, 5.41) is 16.2. The SMILES string of the molecule is CC(=O)c1ccc(NC(=O)NC[C@@H](CN(C)C)[C@H](O)c2ccccc2)cc1. The van der Waals surface area contributed by atoms with Crippen LogP contribution in [-0.2, 0) is 0 Å². The Morgan fingerprint density at radius 3 is 2.22 bits per heavy atom. The molecule has 0 spiro atoms. The summed E-state index contributed by atoms with van der Waals surface area (Å²) >= 11 is 0. The van der Waals surface area contributed by atoms with Crippen molar-refractivity contribution in [1.82, 2.24) is 10.2 Å². The standard InChI is InChI=1S/C21H27N3O3/c1-15(25)16-9-11-19(12-10-16)23-21(27)22-13-18(14-24(2)3)20(26)17-7-5-4-6-8-17/h4-12,18,20,26H,13-14H2,1-3H3,(H2,22,23,27)/t18-,20+/m0/s1. The van der Waals surface area contributed by atoms with Crippen molar-refractivity contribution in [3.05, 3.63) is 65.7 Å². The van der Waals surface area contributed by atoms with Gasteiger partial charge in [0.2, 0.25) is 0 Å². The zero-order chi connectivity index (χ0) is 19.8. The summed E-state index contributed by atoms with van der Waals surface area (Å²) in [6.45, 7) is 2.45. The van der Waals surface area contributed by atoms with Crippen LogP contribution < -0.4 is 10.6 Å². The maximum atomic E-state index is 12.2. The first-order valence-electron chi connectivity index (χ1n) is 8.90. The molecule has 0 heterocycles. The first kappa shape index (κ1) is 20.6. The molecule has 0 fully saturated rings. The second kappa shape index (κ2) is 9.85. The fourth-order valence-corrected chi connectivity index (χ4v) is 2.85. The van der Waals surface area contributed by atoms with Gasteiger partial charge in [-0.2, -0.15) is 0 Å². The number of nitrogens with one attached hydrogen (secondary N) is 2. The number of rotatable bonds is 8. The Morgan fingerprint density at radius 1 is 1.04 bits per heavy atom. The third kappa shape index (κ3) is 6.51. The van der Waals surface area contributed by atoms with Crippen LogP contribution in [-0.4, -0.2) is 49.0 Å². The lowest BCUT2D eigenvalue weighted by atomic mass is 9.95. The van der Waals surface area contributed by atoms with E-state index >= 15 is 0 Å². The quantitative estimate of drug-likeness (QED) is 0.625. The maximum Gasteiger partial charge on any atom is 0.319 e. The predicted molar refractivity (Wildman–Crippen MR) is 107 cm³/mol. The topological polar surface area (TPSA) is 81.7 Å². The van der Waals surface area contributed by atoms with Gasteiger partial charge in [0.05, 0.1) is 6.10 Å². The van der Waals surface area contributed by atoms with Gasteiger partial charge in [0, 0.05) is 30.3 Å². The number of aliphatic hydroxyl groups excluding tert-OH is 1. The molecule has 0 bridgehead atoms. The van der Waals surface area contributed by atoms with Gasteiger partial charge in [-0.05, 0) is 50.8 Å². The largest absolute Gasteiger partial charge is 0.388 e. The third-order valence-corrected chi connectivity index (χ3v) is 4.26. The van der Waals surface area contributed by atoms with Gasteiger partial charge in [0.15, 0.2) is 5.78 Å². The second-order valence-electron chi connectivity index (χ2n) is 6.85. The van der Waals surface area contributed by atoms with E-state index < -0.39 is 6.10 Å². The summed E-state index contributed by atoms with van der Waals surface area (Å²) in [7, 11) is 3.86.